The molecule has 0 aromatic heterocycles. The lowest BCUT2D eigenvalue weighted by atomic mass is 10.1. The van der Waals surface area contributed by atoms with Crippen LogP contribution in [0.15, 0.2) is 42.5 Å². The lowest BCUT2D eigenvalue weighted by molar-refractivity contribution is -0.385. The van der Waals surface area contributed by atoms with Gasteiger partial charge in [0.15, 0.2) is 5.75 Å². The Morgan fingerprint density at radius 1 is 1.20 bits per heavy atom. The number of hydrogen-bond acceptors (Lipinski definition) is 5. The molecule has 0 fully saturated rings. The van der Waals surface area contributed by atoms with Crippen LogP contribution in [0.5, 0.6) is 11.5 Å². The summed E-state index contributed by atoms with van der Waals surface area (Å²) in [6.45, 7) is 4.59. The summed E-state index contributed by atoms with van der Waals surface area (Å²) in [5.41, 5.74) is 1.06. The Morgan fingerprint density at radius 3 is 2.68 bits per heavy atom. The molecule has 0 unspecified atom stereocenters. The van der Waals surface area contributed by atoms with E-state index in [0.29, 0.717) is 13.2 Å². The predicted octanol–water partition coefficient (Wildman–Crippen LogP) is 3.11. The van der Waals surface area contributed by atoms with Crippen LogP contribution < -0.4 is 14.8 Å². The summed E-state index contributed by atoms with van der Waals surface area (Å²) in [5.74, 6) is 0.469. The van der Waals surface area contributed by atoms with Gasteiger partial charge in [0.05, 0.1) is 18.1 Å². The molecular weight excluding hydrogens is 324 g/mol. The highest BCUT2D eigenvalue weighted by Crippen LogP contribution is 2.27. The lowest BCUT2D eigenvalue weighted by Gasteiger charge is -2.09. The van der Waals surface area contributed by atoms with Gasteiger partial charge < -0.3 is 14.8 Å². The van der Waals surface area contributed by atoms with Gasteiger partial charge in [0.25, 0.3) is 5.91 Å². The molecular formula is C18H20N2O5. The Labute approximate surface area is 145 Å². The molecule has 1 amide bonds. The van der Waals surface area contributed by atoms with E-state index in [4.69, 9.17) is 9.47 Å². The molecule has 0 aliphatic carbocycles. The normalized spacial score (nSPS) is 10.2. The number of rotatable bonds is 8. The maximum Gasteiger partial charge on any atom is 0.311 e. The molecule has 0 heterocycles. The van der Waals surface area contributed by atoms with Crippen LogP contribution in [0.25, 0.3) is 0 Å². The number of carbonyl (C=O) groups is 1. The number of nitrogens with one attached hydrogen (secondary N) is 1. The van der Waals surface area contributed by atoms with Crippen LogP contribution in [0.2, 0.25) is 0 Å². The van der Waals surface area contributed by atoms with Crippen molar-refractivity contribution in [2.45, 2.75) is 13.8 Å². The molecule has 0 aliphatic rings. The van der Waals surface area contributed by atoms with Crippen molar-refractivity contribution in [1.82, 2.24) is 5.32 Å². The van der Waals surface area contributed by atoms with Gasteiger partial charge in [-0.3, -0.25) is 14.9 Å². The minimum atomic E-state index is -0.567. The molecule has 0 bridgehead atoms. The number of aryl methyl sites for hydroxylation is 1. The molecule has 25 heavy (non-hydrogen) atoms. The van der Waals surface area contributed by atoms with E-state index in [9.17, 15) is 14.9 Å². The summed E-state index contributed by atoms with van der Waals surface area (Å²) < 4.78 is 10.7. The highest BCUT2D eigenvalue weighted by Gasteiger charge is 2.18. The zero-order valence-electron chi connectivity index (χ0n) is 14.2. The zero-order valence-corrected chi connectivity index (χ0v) is 14.2. The number of nitro groups is 1. The van der Waals surface area contributed by atoms with Crippen molar-refractivity contribution in [3.8, 4) is 11.5 Å². The number of nitrogens with zero attached hydrogens (tertiary/aromatic N) is 1. The van der Waals surface area contributed by atoms with Crippen molar-refractivity contribution in [2.75, 3.05) is 19.8 Å². The fraction of sp³-hybridized carbons (Fsp3) is 0.278. The zero-order chi connectivity index (χ0) is 18.2. The average molecular weight is 344 g/mol. The first kappa shape index (κ1) is 18.3. The second kappa shape index (κ2) is 8.68. The summed E-state index contributed by atoms with van der Waals surface area (Å²) in [7, 11) is 0. The Balaban J connectivity index is 1.92. The molecule has 2 aromatic rings. The molecule has 0 saturated heterocycles. The van der Waals surface area contributed by atoms with Crippen molar-refractivity contribution in [3.63, 3.8) is 0 Å². The Morgan fingerprint density at radius 2 is 2.00 bits per heavy atom. The number of ether oxygens (including phenoxy) is 2. The van der Waals surface area contributed by atoms with Gasteiger partial charge in [-0.2, -0.15) is 0 Å². The second-order valence-corrected chi connectivity index (χ2v) is 5.29. The predicted molar refractivity (Wildman–Crippen MR) is 93.3 cm³/mol. The molecule has 0 radical (unpaired) electrons. The number of carbonyl (C=O) groups excluding carboxylic acids is 1. The summed E-state index contributed by atoms with van der Waals surface area (Å²) in [5, 5.41) is 13.8. The smallest absolute Gasteiger partial charge is 0.311 e. The lowest BCUT2D eigenvalue weighted by Crippen LogP contribution is -2.28. The van der Waals surface area contributed by atoms with E-state index in [1.165, 1.54) is 18.2 Å². The third-order valence-corrected chi connectivity index (χ3v) is 3.36. The van der Waals surface area contributed by atoms with Crippen molar-refractivity contribution in [3.05, 3.63) is 63.7 Å². The van der Waals surface area contributed by atoms with Gasteiger partial charge in [-0.25, -0.2) is 0 Å². The first-order chi connectivity index (χ1) is 12.0. The molecule has 132 valence electrons. The number of benzene rings is 2. The van der Waals surface area contributed by atoms with Crippen molar-refractivity contribution in [1.29, 1.82) is 0 Å². The third kappa shape index (κ3) is 5.20. The monoisotopic (exact) mass is 344 g/mol. The maximum absolute atomic E-state index is 12.1. The van der Waals surface area contributed by atoms with Gasteiger partial charge in [-0.15, -0.1) is 0 Å². The molecule has 7 heteroatoms. The fourth-order valence-electron chi connectivity index (χ4n) is 2.22. The van der Waals surface area contributed by atoms with Crippen LogP contribution in [0.1, 0.15) is 22.8 Å². The van der Waals surface area contributed by atoms with Crippen molar-refractivity contribution in [2.24, 2.45) is 0 Å². The standard InChI is InChI=1S/C18H20N2O5/c1-3-24-17-8-7-14(12-16(17)20(22)23)18(21)19-9-10-25-15-6-4-5-13(2)11-15/h4-8,11-12H,3,9-10H2,1-2H3,(H,19,21). The Hall–Kier alpha value is -3.09. The largest absolute Gasteiger partial charge is 0.492 e. The van der Waals surface area contributed by atoms with Gasteiger partial charge in [-0.05, 0) is 43.7 Å². The molecule has 7 nitrogen and oxygen atoms in total. The van der Waals surface area contributed by atoms with E-state index in [-0.39, 0.29) is 23.5 Å². The van der Waals surface area contributed by atoms with Crippen LogP contribution in [-0.2, 0) is 0 Å². The van der Waals surface area contributed by atoms with E-state index >= 15 is 0 Å². The quantitative estimate of drug-likeness (QED) is 0.451. The van der Waals surface area contributed by atoms with Crippen LogP contribution in [0.3, 0.4) is 0 Å². The van der Waals surface area contributed by atoms with E-state index < -0.39 is 10.8 Å². The van der Waals surface area contributed by atoms with E-state index in [2.05, 4.69) is 5.32 Å². The van der Waals surface area contributed by atoms with Gasteiger partial charge in [0.2, 0.25) is 0 Å². The summed E-state index contributed by atoms with van der Waals surface area (Å²) in [6.07, 6.45) is 0. The number of hydrogen-bond donors (Lipinski definition) is 1. The van der Waals surface area contributed by atoms with Crippen molar-refractivity contribution < 1.29 is 19.2 Å². The minimum Gasteiger partial charge on any atom is -0.492 e. The molecule has 0 spiro atoms. The van der Waals surface area contributed by atoms with Crippen molar-refractivity contribution >= 4 is 11.6 Å². The first-order valence-electron chi connectivity index (χ1n) is 7.90. The average Bonchev–Trinajstić information content (AvgIpc) is 2.59. The minimum absolute atomic E-state index is 0.145. The first-order valence-corrected chi connectivity index (χ1v) is 7.90. The highest BCUT2D eigenvalue weighted by molar-refractivity contribution is 5.95. The van der Waals surface area contributed by atoms with Crippen LogP contribution in [-0.4, -0.2) is 30.6 Å². The van der Waals surface area contributed by atoms with Crippen LogP contribution in [0.4, 0.5) is 5.69 Å². The Kier molecular flexibility index (Phi) is 6.33. The fourth-order valence-corrected chi connectivity index (χ4v) is 2.22. The molecule has 0 atom stereocenters. The molecule has 0 saturated carbocycles. The molecule has 1 N–H and O–H groups in total. The topological polar surface area (TPSA) is 90.7 Å². The molecule has 2 rings (SSSR count). The highest BCUT2D eigenvalue weighted by atomic mass is 16.6. The molecule has 0 aliphatic heterocycles. The van der Waals surface area contributed by atoms with E-state index in [1.54, 1.807) is 6.92 Å². The van der Waals surface area contributed by atoms with E-state index in [1.807, 2.05) is 31.2 Å². The SMILES string of the molecule is CCOc1ccc(C(=O)NCCOc2cccc(C)c2)cc1[N+](=O)[O-]. The van der Waals surface area contributed by atoms with Gasteiger partial charge >= 0.3 is 5.69 Å². The summed E-state index contributed by atoms with van der Waals surface area (Å²) in [4.78, 5) is 22.6. The third-order valence-electron chi connectivity index (χ3n) is 3.36. The van der Waals surface area contributed by atoms with Gasteiger partial charge in [0, 0.05) is 11.6 Å². The number of nitro benzene ring substituents is 1. The maximum atomic E-state index is 12.1. The van der Waals surface area contributed by atoms with Crippen LogP contribution >= 0.6 is 0 Å². The van der Waals surface area contributed by atoms with Gasteiger partial charge in [-0.1, -0.05) is 12.1 Å². The molecule has 2 aromatic carbocycles. The summed E-state index contributed by atoms with van der Waals surface area (Å²) in [6, 6.07) is 11.7. The second-order valence-electron chi connectivity index (χ2n) is 5.29. The number of amides is 1. The Bertz CT molecular complexity index is 761. The summed E-state index contributed by atoms with van der Waals surface area (Å²) >= 11 is 0. The van der Waals surface area contributed by atoms with E-state index in [0.717, 1.165) is 11.3 Å². The van der Waals surface area contributed by atoms with Gasteiger partial charge in [0.1, 0.15) is 12.4 Å². The van der Waals surface area contributed by atoms with Crippen LogP contribution in [0, 0.1) is 17.0 Å².